The van der Waals surface area contributed by atoms with E-state index in [1.165, 1.54) is 7.11 Å². The largest absolute Gasteiger partial charge is 0.387 e. The number of aliphatic hydroxyl groups is 2. The maximum Gasteiger partial charge on any atom is 0.264 e. The predicted octanol–water partition coefficient (Wildman–Crippen LogP) is -2.60. The zero-order chi connectivity index (χ0) is 16.4. The number of aliphatic hydroxyl groups excluding tert-OH is 2. The van der Waals surface area contributed by atoms with Gasteiger partial charge in [0.05, 0.1) is 19.1 Å². The fourth-order valence-corrected chi connectivity index (χ4v) is 2.72. The van der Waals surface area contributed by atoms with E-state index in [-0.39, 0.29) is 0 Å². The van der Waals surface area contributed by atoms with Crippen molar-refractivity contribution < 1.29 is 44.9 Å². The van der Waals surface area contributed by atoms with Gasteiger partial charge in [-0.15, -0.1) is 0 Å². The molecule has 0 aromatic carbocycles. The van der Waals surface area contributed by atoms with Crippen molar-refractivity contribution >= 4 is 20.2 Å². The van der Waals surface area contributed by atoms with Crippen LogP contribution in [0.4, 0.5) is 0 Å². The lowest BCUT2D eigenvalue weighted by atomic mass is 9.99. The fraction of sp³-hybridized carbons (Fsp3) is 1.00. The van der Waals surface area contributed by atoms with Crippen LogP contribution in [0.5, 0.6) is 0 Å². The molecule has 0 bridgehead atoms. The van der Waals surface area contributed by atoms with Crippen LogP contribution in [0.3, 0.4) is 0 Å². The molecule has 0 aromatic rings. The van der Waals surface area contributed by atoms with Gasteiger partial charge in [-0.1, -0.05) is 0 Å². The van der Waals surface area contributed by atoms with Gasteiger partial charge in [-0.2, -0.15) is 16.8 Å². The van der Waals surface area contributed by atoms with Crippen LogP contribution in [-0.4, -0.2) is 84.0 Å². The quantitative estimate of drug-likeness (QED) is 0.489. The Morgan fingerprint density at radius 1 is 1.05 bits per heavy atom. The molecule has 0 unspecified atom stereocenters. The molecular formula is C9H18O10S2. The Morgan fingerprint density at radius 3 is 2.05 bits per heavy atom. The molecule has 0 radical (unpaired) electrons. The summed E-state index contributed by atoms with van der Waals surface area (Å²) in [5, 5.41) is 19.7. The van der Waals surface area contributed by atoms with Crippen molar-refractivity contribution in [3.8, 4) is 0 Å². The molecule has 0 spiro atoms. The summed E-state index contributed by atoms with van der Waals surface area (Å²) in [7, 11) is -6.54. The van der Waals surface area contributed by atoms with Gasteiger partial charge in [0.2, 0.25) is 0 Å². The molecule has 1 saturated heterocycles. The first-order valence-electron chi connectivity index (χ1n) is 5.71. The molecule has 21 heavy (non-hydrogen) atoms. The molecule has 1 rings (SSSR count). The van der Waals surface area contributed by atoms with E-state index in [0.29, 0.717) is 0 Å². The minimum Gasteiger partial charge on any atom is -0.387 e. The molecule has 0 amide bonds. The third kappa shape index (κ3) is 5.75. The first-order chi connectivity index (χ1) is 9.44. The predicted molar refractivity (Wildman–Crippen MR) is 68.2 cm³/mol. The maximum atomic E-state index is 11.1. The van der Waals surface area contributed by atoms with Crippen LogP contribution < -0.4 is 0 Å². The molecule has 2 N–H and O–H groups in total. The Labute approximate surface area is 122 Å². The molecule has 12 heteroatoms. The van der Waals surface area contributed by atoms with Crippen LogP contribution in [0.1, 0.15) is 0 Å². The number of methoxy groups -OCH3 is 1. The van der Waals surface area contributed by atoms with Gasteiger partial charge in [-0.3, -0.25) is 8.37 Å². The Morgan fingerprint density at radius 2 is 1.62 bits per heavy atom. The van der Waals surface area contributed by atoms with Gasteiger partial charge in [-0.05, 0) is 0 Å². The van der Waals surface area contributed by atoms with Crippen LogP contribution in [0.2, 0.25) is 0 Å². The van der Waals surface area contributed by atoms with Crippen molar-refractivity contribution in [2.75, 3.05) is 26.2 Å². The summed E-state index contributed by atoms with van der Waals surface area (Å²) in [6, 6.07) is 0. The third-order valence-corrected chi connectivity index (χ3v) is 3.75. The van der Waals surface area contributed by atoms with Crippen LogP contribution in [0, 0.1) is 0 Å². The first kappa shape index (κ1) is 18.7. The number of rotatable bonds is 6. The molecule has 5 atom stereocenters. The molecule has 10 nitrogen and oxygen atoms in total. The number of ether oxygens (including phenoxy) is 2. The van der Waals surface area contributed by atoms with E-state index in [1.54, 1.807) is 0 Å². The van der Waals surface area contributed by atoms with E-state index in [4.69, 9.17) is 9.47 Å². The molecule has 1 aliphatic rings. The number of hydrogen-bond acceptors (Lipinski definition) is 10. The lowest BCUT2D eigenvalue weighted by molar-refractivity contribution is -0.286. The van der Waals surface area contributed by atoms with Gasteiger partial charge in [0.1, 0.15) is 18.3 Å². The van der Waals surface area contributed by atoms with Gasteiger partial charge < -0.3 is 19.7 Å². The lowest BCUT2D eigenvalue weighted by Crippen LogP contribution is -2.60. The highest BCUT2D eigenvalue weighted by atomic mass is 32.2. The monoisotopic (exact) mass is 350 g/mol. The second-order valence-corrected chi connectivity index (χ2v) is 7.76. The summed E-state index contributed by atoms with van der Waals surface area (Å²) in [5.41, 5.74) is 0. The Bertz CT molecular complexity index is 537. The second-order valence-electron chi connectivity index (χ2n) is 4.51. The van der Waals surface area contributed by atoms with Crippen molar-refractivity contribution in [3.63, 3.8) is 0 Å². The number of hydrogen-bond donors (Lipinski definition) is 2. The van der Waals surface area contributed by atoms with Crippen LogP contribution in [-0.2, 0) is 38.1 Å². The Kier molecular flexibility index (Phi) is 6.08. The van der Waals surface area contributed by atoms with Crippen LogP contribution in [0.15, 0.2) is 0 Å². The standard InChI is InChI=1S/C9H18O10S2/c1-16-9-8(19-21(3,14)15)7(11)6(10)5(18-9)4-17-20(2,12)13/h5-11H,4H2,1-3H3/t5-,6-,7+,8-,9+/m0/s1. The maximum absolute atomic E-state index is 11.1. The summed E-state index contributed by atoms with van der Waals surface area (Å²) >= 11 is 0. The van der Waals surface area contributed by atoms with E-state index >= 15 is 0 Å². The average molecular weight is 350 g/mol. The van der Waals surface area contributed by atoms with Gasteiger partial charge in [0, 0.05) is 7.11 Å². The zero-order valence-electron chi connectivity index (χ0n) is 11.6. The molecule has 0 aliphatic carbocycles. The summed E-state index contributed by atoms with van der Waals surface area (Å²) in [6.45, 7) is -0.567. The van der Waals surface area contributed by atoms with Gasteiger partial charge in [0.15, 0.2) is 12.4 Å². The minimum absolute atomic E-state index is 0.567. The molecule has 1 fully saturated rings. The lowest BCUT2D eigenvalue weighted by Gasteiger charge is -2.40. The van der Waals surface area contributed by atoms with E-state index in [9.17, 15) is 27.0 Å². The smallest absolute Gasteiger partial charge is 0.264 e. The van der Waals surface area contributed by atoms with E-state index in [2.05, 4.69) is 8.37 Å². The van der Waals surface area contributed by atoms with Crippen molar-refractivity contribution in [3.05, 3.63) is 0 Å². The van der Waals surface area contributed by atoms with Crippen molar-refractivity contribution in [1.82, 2.24) is 0 Å². The summed E-state index contributed by atoms with van der Waals surface area (Å²) in [4.78, 5) is 0. The van der Waals surface area contributed by atoms with Gasteiger partial charge in [0.25, 0.3) is 20.2 Å². The molecule has 1 aliphatic heterocycles. The Hall–Kier alpha value is -0.340. The minimum atomic E-state index is -3.93. The molecule has 126 valence electrons. The highest BCUT2D eigenvalue weighted by Gasteiger charge is 2.47. The highest BCUT2D eigenvalue weighted by molar-refractivity contribution is 7.86. The fourth-order valence-electron chi connectivity index (χ4n) is 1.73. The van der Waals surface area contributed by atoms with Crippen molar-refractivity contribution in [2.45, 2.75) is 30.7 Å². The molecular weight excluding hydrogens is 332 g/mol. The van der Waals surface area contributed by atoms with Crippen LogP contribution in [0.25, 0.3) is 0 Å². The molecule has 0 saturated carbocycles. The average Bonchev–Trinajstić information content (AvgIpc) is 2.31. The highest BCUT2D eigenvalue weighted by Crippen LogP contribution is 2.25. The van der Waals surface area contributed by atoms with Crippen LogP contribution >= 0.6 is 0 Å². The second kappa shape index (κ2) is 6.83. The summed E-state index contributed by atoms with van der Waals surface area (Å²) < 4.78 is 63.2. The summed E-state index contributed by atoms with van der Waals surface area (Å²) in [5.74, 6) is 0. The van der Waals surface area contributed by atoms with E-state index < -0.39 is 57.5 Å². The SMILES string of the molecule is CO[C@@H]1O[C@@H](COS(C)(=O)=O)[C@H](O)[C@@H](O)[C@@H]1OS(C)(=O)=O. The van der Waals surface area contributed by atoms with E-state index in [1.807, 2.05) is 0 Å². The molecule has 0 aromatic heterocycles. The van der Waals surface area contributed by atoms with Crippen molar-refractivity contribution in [2.24, 2.45) is 0 Å². The molecule has 1 heterocycles. The van der Waals surface area contributed by atoms with E-state index in [0.717, 1.165) is 12.5 Å². The normalized spacial score (nSPS) is 34.8. The summed E-state index contributed by atoms with van der Waals surface area (Å²) in [6.07, 6.45) is -5.78. The van der Waals surface area contributed by atoms with Gasteiger partial charge in [-0.25, -0.2) is 0 Å². The third-order valence-electron chi connectivity index (χ3n) is 2.61. The zero-order valence-corrected chi connectivity index (χ0v) is 13.2. The topological polar surface area (TPSA) is 146 Å². The van der Waals surface area contributed by atoms with Crippen molar-refractivity contribution in [1.29, 1.82) is 0 Å². The Balaban J connectivity index is 2.84. The first-order valence-corrected chi connectivity index (χ1v) is 9.35. The van der Waals surface area contributed by atoms with Gasteiger partial charge >= 0.3 is 0 Å².